The Kier molecular flexibility index (Phi) is 3.79. The lowest BCUT2D eigenvalue weighted by Gasteiger charge is -2.05. The summed E-state index contributed by atoms with van der Waals surface area (Å²) in [4.78, 5) is 10.3. The number of alkyl halides is 1. The average molecular weight is 327 g/mol. The Morgan fingerprint density at radius 2 is 2.21 bits per heavy atom. The van der Waals surface area contributed by atoms with E-state index in [1.807, 2.05) is 11.6 Å². The van der Waals surface area contributed by atoms with Crippen molar-refractivity contribution >= 4 is 21.6 Å². The maximum atomic E-state index is 10.8. The number of aromatic nitrogens is 3. The van der Waals surface area contributed by atoms with Crippen LogP contribution in [-0.4, -0.2) is 26.8 Å². The molecule has 0 spiro atoms. The summed E-state index contributed by atoms with van der Waals surface area (Å²) in [7, 11) is 3.23. The normalized spacial score (nSPS) is 10.5. The molecule has 0 aliphatic carbocycles. The Morgan fingerprint density at radius 3 is 2.74 bits per heavy atom. The van der Waals surface area contributed by atoms with Gasteiger partial charge in [-0.15, -0.1) is 10.2 Å². The van der Waals surface area contributed by atoms with E-state index in [4.69, 9.17) is 4.74 Å². The number of nitro groups is 1. The van der Waals surface area contributed by atoms with Gasteiger partial charge in [-0.05, 0) is 12.1 Å². The van der Waals surface area contributed by atoms with E-state index < -0.39 is 4.92 Å². The van der Waals surface area contributed by atoms with Crippen molar-refractivity contribution in [3.63, 3.8) is 0 Å². The van der Waals surface area contributed by atoms with Crippen molar-refractivity contribution in [1.82, 2.24) is 14.8 Å². The van der Waals surface area contributed by atoms with Crippen LogP contribution in [0.3, 0.4) is 0 Å². The fourth-order valence-electron chi connectivity index (χ4n) is 1.70. The Bertz CT molecular complexity index is 626. The van der Waals surface area contributed by atoms with Crippen molar-refractivity contribution in [1.29, 1.82) is 0 Å². The van der Waals surface area contributed by atoms with E-state index in [9.17, 15) is 10.1 Å². The van der Waals surface area contributed by atoms with Crippen LogP contribution in [0.5, 0.6) is 5.75 Å². The van der Waals surface area contributed by atoms with Gasteiger partial charge < -0.3 is 9.30 Å². The summed E-state index contributed by atoms with van der Waals surface area (Å²) in [6, 6.07) is 4.61. The summed E-state index contributed by atoms with van der Waals surface area (Å²) < 4.78 is 6.85. The molecule has 0 amide bonds. The molecule has 0 radical (unpaired) electrons. The minimum Gasteiger partial charge on any atom is -0.490 e. The molecule has 0 aliphatic rings. The summed E-state index contributed by atoms with van der Waals surface area (Å²) >= 11 is 3.32. The van der Waals surface area contributed by atoms with Crippen LogP contribution in [0.4, 0.5) is 5.69 Å². The van der Waals surface area contributed by atoms with Gasteiger partial charge in [0.1, 0.15) is 5.82 Å². The van der Waals surface area contributed by atoms with Crippen molar-refractivity contribution in [2.45, 2.75) is 5.33 Å². The van der Waals surface area contributed by atoms with E-state index in [0.29, 0.717) is 16.7 Å². The van der Waals surface area contributed by atoms with E-state index in [0.717, 1.165) is 5.82 Å². The number of nitro benzene ring substituents is 1. The predicted octanol–water partition coefficient (Wildman–Crippen LogP) is 2.29. The van der Waals surface area contributed by atoms with Gasteiger partial charge in [0.05, 0.1) is 17.4 Å². The van der Waals surface area contributed by atoms with Gasteiger partial charge in [0.25, 0.3) is 0 Å². The zero-order chi connectivity index (χ0) is 14.0. The molecule has 7 nitrogen and oxygen atoms in total. The first-order valence-corrected chi connectivity index (χ1v) is 6.47. The summed E-state index contributed by atoms with van der Waals surface area (Å²) in [5, 5.41) is 19.5. The molecule has 19 heavy (non-hydrogen) atoms. The van der Waals surface area contributed by atoms with Gasteiger partial charge in [0, 0.05) is 18.7 Å². The Balaban J connectivity index is 2.51. The third-order valence-electron chi connectivity index (χ3n) is 2.72. The molecule has 0 unspecified atom stereocenters. The molecule has 0 N–H and O–H groups in total. The Hall–Kier alpha value is -1.96. The van der Waals surface area contributed by atoms with Gasteiger partial charge in [-0.1, -0.05) is 15.9 Å². The highest BCUT2D eigenvalue weighted by Gasteiger charge is 2.17. The summed E-state index contributed by atoms with van der Waals surface area (Å²) in [5.41, 5.74) is 0.638. The van der Waals surface area contributed by atoms with Crippen LogP contribution in [0.15, 0.2) is 18.2 Å². The summed E-state index contributed by atoms with van der Waals surface area (Å²) in [6.45, 7) is 0. The van der Waals surface area contributed by atoms with Crippen LogP contribution in [0, 0.1) is 10.1 Å². The molecule has 0 saturated carbocycles. The molecule has 1 heterocycles. The zero-order valence-electron chi connectivity index (χ0n) is 10.3. The number of halogens is 1. The van der Waals surface area contributed by atoms with Crippen LogP contribution in [0.1, 0.15) is 5.82 Å². The molecule has 0 atom stereocenters. The van der Waals surface area contributed by atoms with Gasteiger partial charge >= 0.3 is 5.69 Å². The molecule has 1 aromatic carbocycles. The monoisotopic (exact) mass is 326 g/mol. The summed E-state index contributed by atoms with van der Waals surface area (Å²) in [6.07, 6.45) is 0. The van der Waals surface area contributed by atoms with Crippen molar-refractivity contribution in [2.24, 2.45) is 7.05 Å². The zero-order valence-corrected chi connectivity index (χ0v) is 11.9. The lowest BCUT2D eigenvalue weighted by molar-refractivity contribution is -0.385. The highest BCUT2D eigenvalue weighted by molar-refractivity contribution is 9.08. The van der Waals surface area contributed by atoms with Gasteiger partial charge in [-0.3, -0.25) is 10.1 Å². The maximum Gasteiger partial charge on any atom is 0.310 e. The largest absolute Gasteiger partial charge is 0.490 e. The number of hydrogen-bond donors (Lipinski definition) is 0. The van der Waals surface area contributed by atoms with Crippen LogP contribution in [0.25, 0.3) is 11.4 Å². The quantitative estimate of drug-likeness (QED) is 0.489. The maximum absolute atomic E-state index is 10.8. The average Bonchev–Trinajstić information content (AvgIpc) is 2.78. The molecule has 0 saturated heterocycles. The minimum atomic E-state index is -0.483. The lowest BCUT2D eigenvalue weighted by atomic mass is 10.2. The van der Waals surface area contributed by atoms with Crippen LogP contribution >= 0.6 is 15.9 Å². The highest BCUT2D eigenvalue weighted by atomic mass is 79.9. The molecular formula is C11H11BrN4O3. The van der Waals surface area contributed by atoms with Crippen molar-refractivity contribution in [3.05, 3.63) is 34.1 Å². The topological polar surface area (TPSA) is 83.1 Å². The molecule has 0 fully saturated rings. The standard InChI is InChI=1S/C11H11BrN4O3/c1-15-10(6-12)13-14-11(15)7-3-4-8(16(17)18)9(5-7)19-2/h3-5H,6H2,1-2H3. The van der Waals surface area contributed by atoms with E-state index in [-0.39, 0.29) is 11.4 Å². The molecule has 0 bridgehead atoms. The SMILES string of the molecule is COc1cc(-c2nnc(CBr)n2C)ccc1[N+](=O)[O-]. The number of nitrogens with zero attached hydrogens (tertiary/aromatic N) is 4. The van der Waals surface area contributed by atoms with Crippen LogP contribution < -0.4 is 4.74 Å². The number of hydrogen-bond acceptors (Lipinski definition) is 5. The minimum absolute atomic E-state index is 0.0749. The molecule has 100 valence electrons. The molecule has 8 heteroatoms. The first-order valence-electron chi connectivity index (χ1n) is 5.35. The molecular weight excluding hydrogens is 316 g/mol. The van der Waals surface area contributed by atoms with Gasteiger partial charge in [-0.2, -0.15) is 0 Å². The number of rotatable bonds is 4. The highest BCUT2D eigenvalue weighted by Crippen LogP contribution is 2.31. The molecule has 2 rings (SSSR count). The van der Waals surface area contributed by atoms with Crippen LogP contribution in [-0.2, 0) is 12.4 Å². The predicted molar refractivity (Wildman–Crippen MR) is 72.3 cm³/mol. The van der Waals surface area contributed by atoms with E-state index in [1.165, 1.54) is 13.2 Å². The number of ether oxygens (including phenoxy) is 1. The van der Waals surface area contributed by atoms with E-state index in [1.54, 1.807) is 12.1 Å². The van der Waals surface area contributed by atoms with Gasteiger partial charge in [0.2, 0.25) is 0 Å². The fraction of sp³-hybridized carbons (Fsp3) is 0.273. The molecule has 2 aromatic rings. The van der Waals surface area contributed by atoms with Crippen molar-refractivity contribution in [2.75, 3.05) is 7.11 Å². The third kappa shape index (κ3) is 2.43. The second-order valence-corrected chi connectivity index (χ2v) is 4.34. The fourth-order valence-corrected chi connectivity index (χ4v) is 2.19. The van der Waals surface area contributed by atoms with Crippen LogP contribution in [0.2, 0.25) is 0 Å². The third-order valence-corrected chi connectivity index (χ3v) is 3.22. The van der Waals surface area contributed by atoms with E-state index >= 15 is 0 Å². The van der Waals surface area contributed by atoms with Crippen molar-refractivity contribution in [3.8, 4) is 17.1 Å². The van der Waals surface area contributed by atoms with Gasteiger partial charge in [0.15, 0.2) is 11.6 Å². The number of benzene rings is 1. The lowest BCUT2D eigenvalue weighted by Crippen LogP contribution is -1.98. The smallest absolute Gasteiger partial charge is 0.310 e. The first-order chi connectivity index (χ1) is 9.08. The first kappa shape index (κ1) is 13.5. The Morgan fingerprint density at radius 1 is 1.47 bits per heavy atom. The second kappa shape index (κ2) is 5.35. The molecule has 0 aliphatic heterocycles. The summed E-state index contributed by atoms with van der Waals surface area (Å²) in [5.74, 6) is 1.60. The molecule has 1 aromatic heterocycles. The van der Waals surface area contributed by atoms with Crippen molar-refractivity contribution < 1.29 is 9.66 Å². The Labute approximate surface area is 117 Å². The number of methoxy groups -OCH3 is 1. The second-order valence-electron chi connectivity index (χ2n) is 3.78. The van der Waals surface area contributed by atoms with Gasteiger partial charge in [-0.25, -0.2) is 0 Å². The van der Waals surface area contributed by atoms with E-state index in [2.05, 4.69) is 26.1 Å².